The molecule has 0 radical (unpaired) electrons. The van der Waals surface area contributed by atoms with Gasteiger partial charge in [0.25, 0.3) is 5.67 Å². The zero-order valence-corrected chi connectivity index (χ0v) is 18.7. The summed E-state index contributed by atoms with van der Waals surface area (Å²) >= 11 is 1.41. The number of hydrogen-bond donors (Lipinski definition) is 0. The molecular formula is C19H28F9I. The summed E-state index contributed by atoms with van der Waals surface area (Å²) in [5, 5.41) is 0. The molecule has 0 aliphatic heterocycles. The highest BCUT2D eigenvalue weighted by molar-refractivity contribution is 14.1. The quantitative estimate of drug-likeness (QED) is 0.0981. The molecule has 0 amide bonds. The fourth-order valence-corrected chi connectivity index (χ4v) is 4.71. The van der Waals surface area contributed by atoms with Crippen LogP contribution in [0.5, 0.6) is 0 Å². The molecule has 0 saturated heterocycles. The molecule has 1 aliphatic rings. The lowest BCUT2D eigenvalue weighted by atomic mass is 9.80. The lowest BCUT2D eigenvalue weighted by molar-refractivity contribution is -0.303. The van der Waals surface area contributed by atoms with Gasteiger partial charge in [0.05, 0.1) is 0 Å². The first-order valence-corrected chi connectivity index (χ1v) is 11.2. The van der Waals surface area contributed by atoms with E-state index >= 15 is 0 Å². The van der Waals surface area contributed by atoms with Crippen molar-refractivity contribution in [3.63, 3.8) is 0 Å². The predicted octanol–water partition coefficient (Wildman–Crippen LogP) is 8.61. The maximum atomic E-state index is 14.8. The summed E-state index contributed by atoms with van der Waals surface area (Å²) in [6.07, 6.45) is 8.31. The van der Waals surface area contributed by atoms with Crippen molar-refractivity contribution in [3.05, 3.63) is 0 Å². The second-order valence-electron chi connectivity index (χ2n) is 7.93. The predicted molar refractivity (Wildman–Crippen MR) is 102 cm³/mol. The molecule has 174 valence electrons. The van der Waals surface area contributed by atoms with E-state index in [1.165, 1.54) is 22.6 Å². The SMILES string of the molecule is CCCCCCCCCCCC(I)C(C)C1(F)C(F)(F)C(F)(F)C(F)(F)C1(F)F. The fourth-order valence-electron chi connectivity index (χ4n) is 3.77. The molecule has 1 saturated carbocycles. The maximum absolute atomic E-state index is 14.8. The second kappa shape index (κ2) is 9.71. The van der Waals surface area contributed by atoms with Crippen LogP contribution in [0.2, 0.25) is 0 Å². The van der Waals surface area contributed by atoms with E-state index in [0.717, 1.165) is 44.9 Å². The van der Waals surface area contributed by atoms with Crippen molar-refractivity contribution in [3.8, 4) is 0 Å². The van der Waals surface area contributed by atoms with Crippen molar-refractivity contribution in [2.45, 2.75) is 111 Å². The van der Waals surface area contributed by atoms with E-state index in [0.29, 0.717) is 19.8 Å². The zero-order chi connectivity index (χ0) is 22.7. The van der Waals surface area contributed by atoms with Crippen LogP contribution in [0.25, 0.3) is 0 Å². The van der Waals surface area contributed by atoms with Crippen molar-refractivity contribution in [1.82, 2.24) is 0 Å². The van der Waals surface area contributed by atoms with Gasteiger partial charge in [0.2, 0.25) is 0 Å². The molecule has 10 heteroatoms. The van der Waals surface area contributed by atoms with E-state index in [-0.39, 0.29) is 6.42 Å². The van der Waals surface area contributed by atoms with Crippen molar-refractivity contribution >= 4 is 22.6 Å². The average Bonchev–Trinajstić information content (AvgIpc) is 2.68. The Kier molecular flexibility index (Phi) is 9.09. The summed E-state index contributed by atoms with van der Waals surface area (Å²) in [7, 11) is 0. The third kappa shape index (κ3) is 4.38. The normalized spacial score (nSPS) is 25.7. The van der Waals surface area contributed by atoms with Crippen molar-refractivity contribution in [2.75, 3.05) is 0 Å². The van der Waals surface area contributed by atoms with Crippen molar-refractivity contribution in [1.29, 1.82) is 0 Å². The van der Waals surface area contributed by atoms with Gasteiger partial charge in [-0.15, -0.1) is 0 Å². The third-order valence-electron chi connectivity index (χ3n) is 5.85. The van der Waals surface area contributed by atoms with E-state index in [1.807, 2.05) is 0 Å². The smallest absolute Gasteiger partial charge is 0.230 e. The van der Waals surface area contributed by atoms with Crippen LogP contribution in [0.3, 0.4) is 0 Å². The Morgan fingerprint density at radius 3 is 1.31 bits per heavy atom. The lowest BCUT2D eigenvalue weighted by Gasteiger charge is -2.38. The van der Waals surface area contributed by atoms with Gasteiger partial charge in [-0.1, -0.05) is 94.2 Å². The molecule has 1 aliphatic carbocycles. The molecule has 0 aromatic rings. The minimum absolute atomic E-state index is 0.00741. The molecule has 2 atom stereocenters. The Bertz CT molecular complexity index is 496. The Hall–Kier alpha value is 0.1000. The molecule has 29 heavy (non-hydrogen) atoms. The van der Waals surface area contributed by atoms with Gasteiger partial charge in [-0.3, -0.25) is 0 Å². The van der Waals surface area contributed by atoms with E-state index in [4.69, 9.17) is 0 Å². The highest BCUT2D eigenvalue weighted by Gasteiger charge is 3.01. The first kappa shape index (κ1) is 27.1. The van der Waals surface area contributed by atoms with E-state index in [1.54, 1.807) is 0 Å². The van der Waals surface area contributed by atoms with Crippen molar-refractivity contribution in [2.24, 2.45) is 5.92 Å². The number of hydrogen-bond acceptors (Lipinski definition) is 0. The summed E-state index contributed by atoms with van der Waals surface area (Å²) in [4.78, 5) is 0. The van der Waals surface area contributed by atoms with Crippen LogP contribution in [0.4, 0.5) is 39.5 Å². The topological polar surface area (TPSA) is 0 Å². The number of alkyl halides is 10. The van der Waals surface area contributed by atoms with Gasteiger partial charge in [-0.05, 0) is 6.42 Å². The Morgan fingerprint density at radius 1 is 0.586 bits per heavy atom. The van der Waals surface area contributed by atoms with Gasteiger partial charge in [0, 0.05) is 9.84 Å². The number of unbranched alkanes of at least 4 members (excludes halogenated alkanes) is 8. The van der Waals surface area contributed by atoms with Crippen LogP contribution < -0.4 is 0 Å². The molecule has 0 aromatic carbocycles. The van der Waals surface area contributed by atoms with Gasteiger partial charge in [-0.25, -0.2) is 4.39 Å². The summed E-state index contributed by atoms with van der Waals surface area (Å²) in [5.41, 5.74) is -5.35. The van der Waals surface area contributed by atoms with E-state index in [9.17, 15) is 39.5 Å². The van der Waals surface area contributed by atoms with Crippen LogP contribution in [0.15, 0.2) is 0 Å². The Balaban J connectivity index is 2.68. The highest BCUT2D eigenvalue weighted by atomic mass is 127. The van der Waals surface area contributed by atoms with Crippen LogP contribution >= 0.6 is 22.6 Å². The summed E-state index contributed by atoms with van der Waals surface area (Å²) in [6, 6.07) is 0. The first-order chi connectivity index (χ1) is 13.1. The van der Waals surface area contributed by atoms with E-state index < -0.39 is 39.2 Å². The van der Waals surface area contributed by atoms with Crippen LogP contribution in [0.1, 0.15) is 78.1 Å². The monoisotopic (exact) mass is 554 g/mol. The summed E-state index contributed by atoms with van der Waals surface area (Å²) in [6.45, 7) is 2.67. The molecule has 1 rings (SSSR count). The minimum atomic E-state index is -6.49. The van der Waals surface area contributed by atoms with Crippen LogP contribution in [-0.2, 0) is 0 Å². The number of rotatable bonds is 12. The van der Waals surface area contributed by atoms with Gasteiger partial charge in [0.15, 0.2) is 0 Å². The average molecular weight is 554 g/mol. The molecule has 0 aromatic heterocycles. The summed E-state index contributed by atoms with van der Waals surface area (Å²) in [5.74, 6) is -27.8. The van der Waals surface area contributed by atoms with Gasteiger partial charge >= 0.3 is 23.7 Å². The highest BCUT2D eigenvalue weighted by Crippen LogP contribution is 2.71. The van der Waals surface area contributed by atoms with Gasteiger partial charge in [-0.2, -0.15) is 35.1 Å². The fraction of sp³-hybridized carbons (Fsp3) is 1.00. The zero-order valence-electron chi connectivity index (χ0n) is 16.5. The molecule has 0 bridgehead atoms. The molecule has 0 heterocycles. The van der Waals surface area contributed by atoms with Gasteiger partial charge < -0.3 is 0 Å². The molecule has 0 nitrogen and oxygen atoms in total. The van der Waals surface area contributed by atoms with Gasteiger partial charge in [0.1, 0.15) is 0 Å². The largest absolute Gasteiger partial charge is 0.381 e. The maximum Gasteiger partial charge on any atom is 0.381 e. The molecule has 2 unspecified atom stereocenters. The minimum Gasteiger partial charge on any atom is -0.230 e. The van der Waals surface area contributed by atoms with Crippen LogP contribution in [-0.4, -0.2) is 33.3 Å². The van der Waals surface area contributed by atoms with Crippen molar-refractivity contribution < 1.29 is 39.5 Å². The lowest BCUT2D eigenvalue weighted by Crippen LogP contribution is -2.60. The third-order valence-corrected chi connectivity index (χ3v) is 7.55. The summed E-state index contributed by atoms with van der Waals surface area (Å²) < 4.78 is 123. The van der Waals surface area contributed by atoms with Crippen LogP contribution in [0, 0.1) is 5.92 Å². The molecule has 0 spiro atoms. The molecular weight excluding hydrogens is 526 g/mol. The Labute approximate surface area is 179 Å². The molecule has 1 fully saturated rings. The first-order valence-electron chi connectivity index (χ1n) is 9.98. The standard InChI is InChI=1S/C19H28F9I/c1-3-4-5-6-7-8-9-10-11-12-14(29)13(2)15(20)16(21,22)18(25,26)19(27,28)17(15,23)24/h13-14H,3-12H2,1-2H3. The second-order valence-corrected chi connectivity index (χ2v) is 9.53. The Morgan fingerprint density at radius 2 is 0.931 bits per heavy atom. The number of halogens is 10. The van der Waals surface area contributed by atoms with E-state index in [2.05, 4.69) is 6.92 Å². The molecule has 0 N–H and O–H groups in total.